The number of terminal acetylenes is 1. The van der Waals surface area contributed by atoms with Crippen molar-refractivity contribution in [2.24, 2.45) is 0 Å². The average Bonchev–Trinajstić information content (AvgIpc) is 2.36. The van der Waals surface area contributed by atoms with Gasteiger partial charge in [-0.25, -0.2) is 0 Å². The average molecular weight is 308 g/mol. The highest BCUT2D eigenvalue weighted by atomic mass is 19.4. The van der Waals surface area contributed by atoms with E-state index in [4.69, 9.17) is 6.42 Å². The highest BCUT2D eigenvalue weighted by Gasteiger charge is 2.36. The number of rotatable bonds is 5. The van der Waals surface area contributed by atoms with E-state index in [0.717, 1.165) is 12.1 Å². The van der Waals surface area contributed by atoms with Crippen LogP contribution in [-0.2, 0) is 18.8 Å². The number of unbranched alkanes of at least 4 members (excludes halogenated alkanes) is 3. The summed E-state index contributed by atoms with van der Waals surface area (Å²) in [5.74, 6) is 2.43. The maximum absolute atomic E-state index is 12.6. The van der Waals surface area contributed by atoms with Crippen molar-refractivity contribution in [3.8, 4) is 12.3 Å². The van der Waals surface area contributed by atoms with Crippen LogP contribution in [0.3, 0.4) is 0 Å². The van der Waals surface area contributed by atoms with Gasteiger partial charge in [-0.3, -0.25) is 0 Å². The van der Waals surface area contributed by atoms with Crippen LogP contribution in [0.2, 0.25) is 0 Å². The van der Waals surface area contributed by atoms with Crippen molar-refractivity contribution < 1.29 is 26.3 Å². The van der Waals surface area contributed by atoms with Gasteiger partial charge in [0.25, 0.3) is 0 Å². The van der Waals surface area contributed by atoms with E-state index in [1.807, 2.05) is 0 Å². The second kappa shape index (κ2) is 6.88. The van der Waals surface area contributed by atoms with Crippen molar-refractivity contribution in [3.05, 3.63) is 34.9 Å². The van der Waals surface area contributed by atoms with Crippen LogP contribution in [0.4, 0.5) is 26.3 Å². The summed E-state index contributed by atoms with van der Waals surface area (Å²) >= 11 is 0. The van der Waals surface area contributed by atoms with Gasteiger partial charge in [0, 0.05) is 6.42 Å². The van der Waals surface area contributed by atoms with Crippen LogP contribution in [0.25, 0.3) is 0 Å². The minimum atomic E-state index is -4.79. The summed E-state index contributed by atoms with van der Waals surface area (Å²) in [6.07, 6.45) is -1.93. The Morgan fingerprint density at radius 2 is 1.33 bits per heavy atom. The van der Waals surface area contributed by atoms with Crippen LogP contribution < -0.4 is 0 Å². The highest BCUT2D eigenvalue weighted by Crippen LogP contribution is 2.36. The third-order valence-corrected chi connectivity index (χ3v) is 2.93. The van der Waals surface area contributed by atoms with Gasteiger partial charge < -0.3 is 0 Å². The molecule has 0 saturated carbocycles. The molecule has 0 heterocycles. The molecule has 1 aromatic carbocycles. The highest BCUT2D eigenvalue weighted by molar-refractivity contribution is 5.33. The molecule has 0 unspecified atom stereocenters. The van der Waals surface area contributed by atoms with E-state index >= 15 is 0 Å². The minimum Gasteiger partial charge on any atom is -0.166 e. The van der Waals surface area contributed by atoms with E-state index in [1.165, 1.54) is 0 Å². The molecule has 0 saturated heterocycles. The third kappa shape index (κ3) is 5.70. The van der Waals surface area contributed by atoms with Crippen molar-refractivity contribution in [1.82, 2.24) is 0 Å². The first kappa shape index (κ1) is 17.4. The molecule has 1 aromatic rings. The molecule has 21 heavy (non-hydrogen) atoms. The van der Waals surface area contributed by atoms with E-state index < -0.39 is 23.5 Å². The largest absolute Gasteiger partial charge is 0.416 e. The zero-order valence-corrected chi connectivity index (χ0v) is 11.1. The van der Waals surface area contributed by atoms with Crippen LogP contribution in [0.15, 0.2) is 18.2 Å². The van der Waals surface area contributed by atoms with Crippen molar-refractivity contribution in [2.75, 3.05) is 0 Å². The molecular formula is C15H14F6. The zero-order chi connectivity index (χ0) is 16.1. The molecule has 1 rings (SSSR count). The molecule has 0 radical (unpaired) electrons. The zero-order valence-electron chi connectivity index (χ0n) is 11.1. The van der Waals surface area contributed by atoms with Crippen LogP contribution in [0.1, 0.15) is 42.4 Å². The van der Waals surface area contributed by atoms with Crippen LogP contribution >= 0.6 is 0 Å². The molecule has 0 aliphatic carbocycles. The maximum Gasteiger partial charge on any atom is 0.416 e. The predicted octanol–water partition coefficient (Wildman–Crippen LogP) is 5.46. The van der Waals surface area contributed by atoms with Crippen molar-refractivity contribution in [3.63, 3.8) is 0 Å². The Morgan fingerprint density at radius 1 is 0.810 bits per heavy atom. The SMILES string of the molecule is C#CCCCCCc1cc(C(F)(F)F)cc(C(F)(F)F)c1. The van der Waals surface area contributed by atoms with Gasteiger partial charge in [-0.05, 0) is 43.0 Å². The molecule has 6 heteroatoms. The topological polar surface area (TPSA) is 0 Å². The van der Waals surface area contributed by atoms with Gasteiger partial charge in [0.1, 0.15) is 0 Å². The monoisotopic (exact) mass is 308 g/mol. The van der Waals surface area contributed by atoms with E-state index in [9.17, 15) is 26.3 Å². The van der Waals surface area contributed by atoms with E-state index in [0.29, 0.717) is 25.7 Å². The Morgan fingerprint density at radius 3 is 1.76 bits per heavy atom. The summed E-state index contributed by atoms with van der Waals surface area (Å²) in [5, 5.41) is 0. The van der Waals surface area contributed by atoms with Crippen molar-refractivity contribution in [2.45, 2.75) is 44.5 Å². The van der Waals surface area contributed by atoms with E-state index in [-0.39, 0.29) is 18.1 Å². The van der Waals surface area contributed by atoms with Gasteiger partial charge in [-0.1, -0.05) is 6.42 Å². The van der Waals surface area contributed by atoms with Crippen molar-refractivity contribution >= 4 is 0 Å². The van der Waals surface area contributed by atoms with Gasteiger partial charge in [-0.2, -0.15) is 26.3 Å². The fourth-order valence-corrected chi connectivity index (χ4v) is 1.90. The normalized spacial score (nSPS) is 12.2. The fraction of sp³-hybridized carbons (Fsp3) is 0.467. The summed E-state index contributed by atoms with van der Waals surface area (Å²) in [6.45, 7) is 0. The molecule has 0 amide bonds. The summed E-state index contributed by atoms with van der Waals surface area (Å²) in [5.41, 5.74) is -2.50. The molecule has 116 valence electrons. The smallest absolute Gasteiger partial charge is 0.166 e. The first-order valence-corrected chi connectivity index (χ1v) is 6.36. The van der Waals surface area contributed by atoms with Crippen LogP contribution in [-0.4, -0.2) is 0 Å². The molecule has 0 aliphatic heterocycles. The summed E-state index contributed by atoms with van der Waals surface area (Å²) in [6, 6.07) is 1.69. The van der Waals surface area contributed by atoms with E-state index in [2.05, 4.69) is 5.92 Å². The van der Waals surface area contributed by atoms with E-state index in [1.54, 1.807) is 0 Å². The van der Waals surface area contributed by atoms with Gasteiger partial charge in [0.15, 0.2) is 0 Å². The Labute approximate surface area is 119 Å². The van der Waals surface area contributed by atoms with Gasteiger partial charge in [0.2, 0.25) is 0 Å². The number of hydrogen-bond donors (Lipinski definition) is 0. The first-order chi connectivity index (χ1) is 9.64. The molecule has 0 bridgehead atoms. The maximum atomic E-state index is 12.6. The van der Waals surface area contributed by atoms with Gasteiger partial charge in [-0.15, -0.1) is 12.3 Å². The molecule has 0 fully saturated rings. The lowest BCUT2D eigenvalue weighted by Gasteiger charge is -2.14. The lowest BCUT2D eigenvalue weighted by molar-refractivity contribution is -0.143. The van der Waals surface area contributed by atoms with Gasteiger partial charge in [0.05, 0.1) is 11.1 Å². The minimum absolute atomic E-state index is 0.0397. The molecule has 0 N–H and O–H groups in total. The molecule has 0 aliphatic rings. The van der Waals surface area contributed by atoms with Crippen LogP contribution in [0.5, 0.6) is 0 Å². The summed E-state index contributed by atoms with van der Waals surface area (Å²) in [7, 11) is 0. The molecule has 0 nitrogen and oxygen atoms in total. The number of benzene rings is 1. The number of hydrogen-bond acceptors (Lipinski definition) is 0. The lowest BCUT2D eigenvalue weighted by Crippen LogP contribution is -2.11. The number of aryl methyl sites for hydroxylation is 1. The predicted molar refractivity (Wildman–Crippen MR) is 67.5 cm³/mol. The molecule has 0 aromatic heterocycles. The Kier molecular flexibility index (Phi) is 5.70. The third-order valence-electron chi connectivity index (χ3n) is 2.93. The Bertz CT molecular complexity index is 472. The Hall–Kier alpha value is -1.64. The lowest BCUT2D eigenvalue weighted by atomic mass is 10.00. The summed E-state index contributed by atoms with van der Waals surface area (Å²) in [4.78, 5) is 0. The van der Waals surface area contributed by atoms with Gasteiger partial charge >= 0.3 is 12.4 Å². The van der Waals surface area contributed by atoms with Crippen molar-refractivity contribution in [1.29, 1.82) is 0 Å². The number of alkyl halides is 6. The molecule has 0 atom stereocenters. The second-order valence-corrected chi connectivity index (χ2v) is 4.68. The quantitative estimate of drug-likeness (QED) is 0.385. The number of halogens is 6. The molecular weight excluding hydrogens is 294 g/mol. The Balaban J connectivity index is 2.91. The van der Waals surface area contributed by atoms with Crippen LogP contribution in [0, 0.1) is 12.3 Å². The standard InChI is InChI=1S/C15H14F6/c1-2-3-4-5-6-7-11-8-12(14(16,17)18)10-13(9-11)15(19,20)21/h1,8-10H,3-7H2. The summed E-state index contributed by atoms with van der Waals surface area (Å²) < 4.78 is 75.8. The first-order valence-electron chi connectivity index (χ1n) is 6.36. The second-order valence-electron chi connectivity index (χ2n) is 4.68. The fourth-order valence-electron chi connectivity index (χ4n) is 1.90. The molecule has 0 spiro atoms.